The average Bonchev–Trinajstić information content (AvgIpc) is 3.88. The lowest BCUT2D eigenvalue weighted by Crippen LogP contribution is -2.55. The monoisotopic (exact) mass is 799 g/mol. The van der Waals surface area contributed by atoms with E-state index in [1.54, 1.807) is 37.9 Å². The number of sulfone groups is 1. The predicted octanol–water partition coefficient (Wildman–Crippen LogP) is 4.06. The van der Waals surface area contributed by atoms with Crippen LogP contribution in [0, 0.1) is 35.5 Å². The summed E-state index contributed by atoms with van der Waals surface area (Å²) in [5.74, 6) is -3.18. The molecule has 0 radical (unpaired) electrons. The highest BCUT2D eigenvalue weighted by Crippen LogP contribution is 2.32. The molecule has 1 aliphatic carbocycles. The van der Waals surface area contributed by atoms with Crippen molar-refractivity contribution >= 4 is 39.1 Å². The molecular formula is C41H74N4O9S. The third kappa shape index (κ3) is 13.3. The molecule has 2 rings (SSSR count). The van der Waals surface area contributed by atoms with Crippen LogP contribution in [0.15, 0.2) is 0 Å². The van der Waals surface area contributed by atoms with E-state index in [0.717, 1.165) is 6.42 Å². The molecule has 2 aliphatic rings. The highest BCUT2D eigenvalue weighted by Gasteiger charge is 2.44. The van der Waals surface area contributed by atoms with Crippen molar-refractivity contribution in [1.82, 2.24) is 20.4 Å². The highest BCUT2D eigenvalue weighted by molar-refractivity contribution is 7.93. The molecule has 1 saturated heterocycles. The molecule has 0 spiro atoms. The number of Topliss-reactive ketones (excluding diaryl/α,β-unsaturated/α-hetero) is 2. The Balaban J connectivity index is 2.27. The average molecular weight is 799 g/mol. The Bertz CT molecular complexity index is 1400. The number of amides is 3. The predicted molar refractivity (Wildman–Crippen MR) is 215 cm³/mol. The molecule has 0 aromatic rings. The van der Waals surface area contributed by atoms with Crippen LogP contribution < -0.4 is 10.6 Å². The van der Waals surface area contributed by atoms with Crippen LogP contribution in [0.1, 0.15) is 114 Å². The van der Waals surface area contributed by atoms with E-state index in [2.05, 4.69) is 10.6 Å². The van der Waals surface area contributed by atoms with Crippen LogP contribution in [0.3, 0.4) is 0 Å². The smallest absolute Gasteiger partial charge is 0.226 e. The van der Waals surface area contributed by atoms with E-state index in [9.17, 15) is 32.4 Å². The van der Waals surface area contributed by atoms with Gasteiger partial charge in [-0.05, 0) is 62.8 Å². The van der Waals surface area contributed by atoms with Crippen molar-refractivity contribution < 1.29 is 41.9 Å². The number of methoxy groups -OCH3 is 2. The lowest BCUT2D eigenvalue weighted by atomic mass is 9.84. The molecular weight excluding hydrogens is 725 g/mol. The molecule has 0 aromatic heterocycles. The van der Waals surface area contributed by atoms with Crippen molar-refractivity contribution in [3.8, 4) is 0 Å². The molecule has 1 aliphatic heterocycles. The zero-order valence-corrected chi connectivity index (χ0v) is 36.9. The van der Waals surface area contributed by atoms with Gasteiger partial charge in [0.1, 0.15) is 5.75 Å². The number of likely N-dealkylation sites (N-methyl/N-ethyl adjacent to an activating group) is 2. The number of hydrogen-bond acceptors (Lipinski definition) is 10. The van der Waals surface area contributed by atoms with E-state index in [1.807, 2.05) is 55.4 Å². The Labute approximate surface area is 332 Å². The maximum Gasteiger partial charge on any atom is 0.226 e. The third-order valence-electron chi connectivity index (χ3n) is 11.9. The lowest BCUT2D eigenvalue weighted by Gasteiger charge is -2.41. The van der Waals surface area contributed by atoms with Crippen LogP contribution in [-0.4, -0.2) is 130 Å². The number of hydrogen-bond donors (Lipinski definition) is 2. The summed E-state index contributed by atoms with van der Waals surface area (Å²) in [4.78, 5) is 72.1. The minimum Gasteiger partial charge on any atom is -0.379 e. The lowest BCUT2D eigenvalue weighted by molar-refractivity contribution is -0.149. The van der Waals surface area contributed by atoms with Gasteiger partial charge in [0.25, 0.3) is 0 Å². The summed E-state index contributed by atoms with van der Waals surface area (Å²) in [5.41, 5.74) is 0. The van der Waals surface area contributed by atoms with Crippen molar-refractivity contribution in [2.45, 2.75) is 155 Å². The van der Waals surface area contributed by atoms with Gasteiger partial charge in [-0.25, -0.2) is 8.42 Å². The van der Waals surface area contributed by atoms with Crippen molar-refractivity contribution in [2.24, 2.45) is 35.5 Å². The minimum atomic E-state index is -3.55. The Hall–Kier alpha value is -2.42. The van der Waals surface area contributed by atoms with E-state index in [1.165, 1.54) is 7.11 Å². The number of carbonyl (C=O) groups excluding carboxylic acids is 5. The Morgan fingerprint density at radius 2 is 1.49 bits per heavy atom. The quantitative estimate of drug-likeness (QED) is 0.138. The maximum atomic E-state index is 14.2. The van der Waals surface area contributed by atoms with Gasteiger partial charge in [0.2, 0.25) is 17.7 Å². The van der Waals surface area contributed by atoms with E-state index in [0.29, 0.717) is 38.6 Å². The van der Waals surface area contributed by atoms with Crippen molar-refractivity contribution in [1.29, 1.82) is 0 Å². The second-order valence-electron chi connectivity index (χ2n) is 17.3. The van der Waals surface area contributed by atoms with Crippen LogP contribution >= 0.6 is 0 Å². The van der Waals surface area contributed by atoms with Crippen molar-refractivity contribution in [3.63, 3.8) is 0 Å². The molecule has 2 N–H and O–H groups in total. The first kappa shape index (κ1) is 48.7. The van der Waals surface area contributed by atoms with Gasteiger partial charge in [-0.3, -0.25) is 24.0 Å². The van der Waals surface area contributed by atoms with E-state index in [4.69, 9.17) is 9.47 Å². The van der Waals surface area contributed by atoms with Gasteiger partial charge in [0.05, 0.1) is 54.0 Å². The summed E-state index contributed by atoms with van der Waals surface area (Å²) in [6.07, 6.45) is 2.25. The van der Waals surface area contributed by atoms with Crippen LogP contribution in [0.5, 0.6) is 0 Å². The first-order valence-corrected chi connectivity index (χ1v) is 22.2. The zero-order chi connectivity index (χ0) is 41.9. The molecule has 14 heteroatoms. The zero-order valence-electron chi connectivity index (χ0n) is 36.1. The highest BCUT2D eigenvalue weighted by atomic mass is 32.2. The van der Waals surface area contributed by atoms with Gasteiger partial charge in [-0.1, -0.05) is 68.7 Å². The van der Waals surface area contributed by atoms with Gasteiger partial charge in [0.15, 0.2) is 21.4 Å². The number of carbonyl (C=O) groups is 5. The van der Waals surface area contributed by atoms with E-state index >= 15 is 0 Å². The van der Waals surface area contributed by atoms with E-state index < -0.39 is 74.7 Å². The van der Waals surface area contributed by atoms with Crippen molar-refractivity contribution in [2.75, 3.05) is 40.6 Å². The summed E-state index contributed by atoms with van der Waals surface area (Å²) in [6, 6.07) is -2.18. The molecule has 2 fully saturated rings. The summed E-state index contributed by atoms with van der Waals surface area (Å²) >= 11 is 0. The molecule has 318 valence electrons. The topological polar surface area (TPSA) is 168 Å². The number of ether oxygens (including phenoxy) is 2. The summed E-state index contributed by atoms with van der Waals surface area (Å²) in [7, 11) is 3.00. The normalized spacial score (nSPS) is 20.8. The van der Waals surface area contributed by atoms with Crippen LogP contribution in [-0.2, 0) is 43.3 Å². The fourth-order valence-corrected chi connectivity index (χ4v) is 9.96. The molecule has 0 unspecified atom stereocenters. The number of likely N-dealkylation sites (tertiary alicyclic amines) is 1. The molecule has 1 heterocycles. The van der Waals surface area contributed by atoms with Gasteiger partial charge in [-0.15, -0.1) is 0 Å². The largest absolute Gasteiger partial charge is 0.379 e. The number of nitrogens with one attached hydrogen (secondary N) is 2. The van der Waals surface area contributed by atoms with Gasteiger partial charge >= 0.3 is 0 Å². The second kappa shape index (κ2) is 21.9. The number of nitrogens with zero attached hydrogens (tertiary/aromatic N) is 2. The van der Waals surface area contributed by atoms with Gasteiger partial charge < -0.3 is 29.9 Å². The van der Waals surface area contributed by atoms with Gasteiger partial charge in [-0.2, -0.15) is 0 Å². The summed E-state index contributed by atoms with van der Waals surface area (Å²) in [5, 5.41) is 5.46. The summed E-state index contributed by atoms with van der Waals surface area (Å²) < 4.78 is 37.2. The molecule has 13 nitrogen and oxygen atoms in total. The minimum absolute atomic E-state index is 0.00246. The molecule has 3 amide bonds. The number of ketones is 2. The summed E-state index contributed by atoms with van der Waals surface area (Å²) in [6.45, 7) is 17.9. The first-order valence-electron chi connectivity index (χ1n) is 20.5. The molecule has 9 atom stereocenters. The van der Waals surface area contributed by atoms with Crippen LogP contribution in [0.2, 0.25) is 0 Å². The maximum absolute atomic E-state index is 14.2. The van der Waals surface area contributed by atoms with E-state index in [-0.39, 0.29) is 60.2 Å². The third-order valence-corrected chi connectivity index (χ3v) is 14.1. The van der Waals surface area contributed by atoms with Crippen molar-refractivity contribution in [3.05, 3.63) is 0 Å². The van der Waals surface area contributed by atoms with Gasteiger partial charge in [0, 0.05) is 40.2 Å². The number of rotatable bonds is 25. The van der Waals surface area contributed by atoms with Crippen LogP contribution in [0.4, 0.5) is 0 Å². The molecule has 55 heavy (non-hydrogen) atoms. The molecule has 1 saturated carbocycles. The second-order valence-corrected chi connectivity index (χ2v) is 19.6. The fourth-order valence-electron chi connectivity index (χ4n) is 8.28. The Morgan fingerprint density at radius 3 is 1.96 bits per heavy atom. The molecule has 0 bridgehead atoms. The Kier molecular flexibility index (Phi) is 19.4. The Morgan fingerprint density at radius 1 is 0.873 bits per heavy atom. The molecule has 0 aromatic carbocycles. The SMILES string of the molecule is CC[C@H](C)[C@@H]([C@@H](CC(=O)N1CCC[C@H]1[C@H](OC)[C@@H](C)C(=O)N[C@@H](CC(C)C)C(=O)CS(=O)(=O)C1CC1)OC)N(C)C(=O)[C@@H](CC(=O)[C@@H](NC)C(C)C)C(C)C. The van der Waals surface area contributed by atoms with Crippen LogP contribution in [0.25, 0.3) is 0 Å². The first-order chi connectivity index (χ1) is 25.7. The standard InChI is InChI=1S/C41H74N4O9S/c1-14-27(8)38(44(11)41(50)30(25(4)5)21-33(46)37(42-10)26(6)7)35(53-12)22-36(48)45-19-15-16-32(45)39(54-13)28(9)40(49)43-31(20-24(2)3)34(47)23-55(51,52)29-17-18-29/h24-32,35,37-39,42H,14-23H2,1-13H3,(H,43,49)/t27-,28+,30-,31-,32-,35+,37-,38-,39+/m0/s1. The fraction of sp³-hybridized carbons (Fsp3) is 0.878.